The third-order valence-electron chi connectivity index (χ3n) is 3.85. The maximum atomic E-state index is 11.8. The first-order chi connectivity index (χ1) is 19.2. The molecule has 10 nitrogen and oxygen atoms in total. The molecule has 0 heterocycles. The fourth-order valence-corrected chi connectivity index (χ4v) is 8.18. The number of hydrogen-bond acceptors (Lipinski definition) is 17. The van der Waals surface area contributed by atoms with E-state index in [1.54, 1.807) is 70.6 Å². The van der Waals surface area contributed by atoms with Crippen LogP contribution in [-0.4, -0.2) is 117 Å². The van der Waals surface area contributed by atoms with Gasteiger partial charge in [-0.25, -0.2) is 19.6 Å². The smallest absolute Gasteiger partial charge is 0.307 e. The van der Waals surface area contributed by atoms with Gasteiger partial charge in [0.1, 0.15) is 13.2 Å². The first-order valence-corrected chi connectivity index (χ1v) is 20.2. The van der Waals surface area contributed by atoms with Crippen LogP contribution < -0.4 is 0 Å². The molecule has 0 aliphatic carbocycles. The predicted octanol–water partition coefficient (Wildman–Crippen LogP) is 4.96. The molecule has 0 aliphatic heterocycles. The van der Waals surface area contributed by atoms with Gasteiger partial charge in [0.15, 0.2) is 5.94 Å². The molecule has 0 rings (SSSR count). The molecule has 232 valence electrons. The number of thioether (sulfide) groups is 6. The van der Waals surface area contributed by atoms with Crippen LogP contribution in [0.2, 0.25) is 0 Å². The topological polar surface area (TPSA) is 130 Å². The van der Waals surface area contributed by atoms with Crippen molar-refractivity contribution in [3.8, 4) is 0 Å². The van der Waals surface area contributed by atoms with Gasteiger partial charge in [-0.15, -0.1) is 23.5 Å². The van der Waals surface area contributed by atoms with Gasteiger partial charge in [0.2, 0.25) is 0 Å². The lowest BCUT2D eigenvalue weighted by Crippen LogP contribution is -2.08. The van der Waals surface area contributed by atoms with Gasteiger partial charge in [-0.1, -0.05) is 0 Å². The normalized spacial score (nSPS) is 11.1. The minimum absolute atomic E-state index is 0.0121. The molecule has 0 saturated carbocycles. The molecule has 0 radical (unpaired) electrons. The molecule has 0 spiro atoms. The molecule has 0 aliphatic rings. The Hall–Kier alpha value is 1.15. The van der Waals surface area contributed by atoms with E-state index in [2.05, 4.69) is 0 Å². The Morgan fingerprint density at radius 1 is 0.538 bits per heavy atom. The van der Waals surface area contributed by atoms with Gasteiger partial charge in [-0.05, 0) is 24.3 Å². The van der Waals surface area contributed by atoms with Crippen LogP contribution in [0.15, 0.2) is 0 Å². The van der Waals surface area contributed by atoms with Crippen molar-refractivity contribution in [2.45, 2.75) is 25.7 Å². The van der Waals surface area contributed by atoms with Crippen molar-refractivity contribution in [3.05, 3.63) is 0 Å². The summed E-state index contributed by atoms with van der Waals surface area (Å²) in [5.74, 6) is 4.59. The number of carbonyl (C=O) groups excluding carboxylic acids is 2. The van der Waals surface area contributed by atoms with Crippen LogP contribution in [0.25, 0.3) is 0 Å². The molecule has 17 heteroatoms. The van der Waals surface area contributed by atoms with Crippen molar-refractivity contribution in [2.24, 2.45) is 0 Å². The summed E-state index contributed by atoms with van der Waals surface area (Å²) in [6.07, 6.45) is 2.57. The van der Waals surface area contributed by atoms with Crippen molar-refractivity contribution < 1.29 is 48.3 Å². The highest BCUT2D eigenvalue weighted by atomic mass is 32.2. The Bertz CT molecular complexity index is 541. The summed E-state index contributed by atoms with van der Waals surface area (Å²) < 4.78 is 18.5. The molecule has 0 aromatic rings. The molecule has 0 aromatic heterocycles. The van der Waals surface area contributed by atoms with Crippen molar-refractivity contribution >= 4 is 94.6 Å². The van der Waals surface area contributed by atoms with Gasteiger partial charge in [0.25, 0.3) is 0 Å². The molecular formula is C22H42O10S7. The number of aliphatic hydroxyl groups excluding tert-OH is 1. The summed E-state index contributed by atoms with van der Waals surface area (Å²) in [6.45, 7) is 2.21. The number of esters is 2. The van der Waals surface area contributed by atoms with E-state index in [-0.39, 0.29) is 31.1 Å². The van der Waals surface area contributed by atoms with Crippen LogP contribution in [0.4, 0.5) is 0 Å². The summed E-state index contributed by atoms with van der Waals surface area (Å²) >= 11 is 11.0. The maximum Gasteiger partial charge on any atom is 0.307 e. The Morgan fingerprint density at radius 3 is 1.56 bits per heavy atom. The Morgan fingerprint density at radius 2 is 1.00 bits per heavy atom. The van der Waals surface area contributed by atoms with Crippen LogP contribution in [0, 0.1) is 0 Å². The maximum absolute atomic E-state index is 11.8. The highest BCUT2D eigenvalue weighted by Gasteiger charge is 2.04. The molecule has 39 heavy (non-hydrogen) atoms. The summed E-state index contributed by atoms with van der Waals surface area (Å²) in [7, 11) is 0. The second kappa shape index (κ2) is 35.3. The number of hydrogen-bond donors (Lipinski definition) is 2. The average molecular weight is 691 g/mol. The van der Waals surface area contributed by atoms with E-state index in [0.29, 0.717) is 57.1 Å². The lowest BCUT2D eigenvalue weighted by molar-refractivity contribution is -0.297. The Kier molecular flexibility index (Phi) is 36.4. The molecule has 0 atom stereocenters. The molecule has 0 bridgehead atoms. The summed E-state index contributed by atoms with van der Waals surface area (Å²) in [5, 5.41) is 11.3. The van der Waals surface area contributed by atoms with Crippen LogP contribution in [0.3, 0.4) is 0 Å². The fourth-order valence-electron chi connectivity index (χ4n) is 2.10. The molecule has 0 amide bonds. The van der Waals surface area contributed by atoms with Crippen molar-refractivity contribution in [3.63, 3.8) is 0 Å². The van der Waals surface area contributed by atoms with E-state index in [4.69, 9.17) is 38.7 Å². The number of ether oxygens (including phenoxy) is 2. The molecule has 0 aromatic carbocycles. The van der Waals surface area contributed by atoms with Crippen molar-refractivity contribution in [2.75, 3.05) is 95.4 Å². The molecule has 0 saturated heterocycles. The third kappa shape index (κ3) is 35.3. The predicted molar refractivity (Wildman–Crippen MR) is 171 cm³/mol. The van der Waals surface area contributed by atoms with Crippen LogP contribution in [-0.2, 0) is 38.6 Å². The van der Waals surface area contributed by atoms with E-state index in [0.717, 1.165) is 56.9 Å². The first-order valence-electron chi connectivity index (χ1n) is 12.3. The lowest BCUT2D eigenvalue weighted by Gasteiger charge is -2.06. The highest BCUT2D eigenvalue weighted by molar-refractivity contribution is 8.16. The minimum atomic E-state index is -0.285. The van der Waals surface area contributed by atoms with E-state index in [9.17, 15) is 9.59 Å². The van der Waals surface area contributed by atoms with Gasteiger partial charge in [0, 0.05) is 50.3 Å². The second-order valence-corrected chi connectivity index (χ2v) is 15.2. The Balaban J connectivity index is 3.17. The molecular weight excluding hydrogens is 649 g/mol. The van der Waals surface area contributed by atoms with Gasteiger partial charge in [-0.2, -0.15) is 47.0 Å². The van der Waals surface area contributed by atoms with E-state index >= 15 is 0 Å². The largest absolute Gasteiger partial charge is 0.465 e. The number of carbonyl (C=O) groups is 2. The fraction of sp³-hybridized carbons (Fsp3) is 0.909. The highest BCUT2D eigenvalue weighted by Crippen LogP contribution is 2.16. The zero-order valence-electron chi connectivity index (χ0n) is 22.2. The monoisotopic (exact) mass is 690 g/mol. The quantitative estimate of drug-likeness (QED) is 0.0246. The summed E-state index contributed by atoms with van der Waals surface area (Å²) in [6, 6.07) is 0. The van der Waals surface area contributed by atoms with Crippen molar-refractivity contribution in [1.82, 2.24) is 0 Å². The third-order valence-corrected chi connectivity index (χ3v) is 11.1. The second-order valence-electron chi connectivity index (χ2n) is 7.01. The SMILES string of the molecule is O=C(CCSCSCCCOOCCO)OCCSCSCCOOCCCSCSCCC(=O)OCSO. The average Bonchev–Trinajstić information content (AvgIpc) is 2.94. The van der Waals surface area contributed by atoms with E-state index in [1.807, 2.05) is 0 Å². The summed E-state index contributed by atoms with van der Waals surface area (Å²) in [5.41, 5.74) is 0. The molecule has 0 fully saturated rings. The Labute approximate surface area is 262 Å². The van der Waals surface area contributed by atoms with Gasteiger partial charge >= 0.3 is 11.9 Å². The van der Waals surface area contributed by atoms with Gasteiger partial charge < -0.3 is 19.1 Å². The van der Waals surface area contributed by atoms with Gasteiger partial charge in [-0.3, -0.25) is 9.59 Å². The number of aliphatic hydroxyl groups is 1. The van der Waals surface area contributed by atoms with Gasteiger partial charge in [0.05, 0.1) is 39.3 Å². The zero-order chi connectivity index (χ0) is 28.5. The molecule has 0 unspecified atom stereocenters. The summed E-state index contributed by atoms with van der Waals surface area (Å²) in [4.78, 5) is 43.0. The lowest BCUT2D eigenvalue weighted by atomic mass is 10.5. The first kappa shape index (κ1) is 40.1. The van der Waals surface area contributed by atoms with Crippen LogP contribution >= 0.6 is 82.6 Å². The number of rotatable bonds is 32. The minimum Gasteiger partial charge on any atom is -0.465 e. The molecule has 2 N–H and O–H groups in total. The van der Waals surface area contributed by atoms with E-state index < -0.39 is 0 Å². The van der Waals surface area contributed by atoms with Crippen molar-refractivity contribution in [1.29, 1.82) is 0 Å². The van der Waals surface area contributed by atoms with Crippen LogP contribution in [0.5, 0.6) is 0 Å². The zero-order valence-corrected chi connectivity index (χ0v) is 27.9. The van der Waals surface area contributed by atoms with E-state index in [1.165, 1.54) is 0 Å². The van der Waals surface area contributed by atoms with Crippen LogP contribution in [0.1, 0.15) is 25.7 Å². The standard InChI is InChI=1S/C22H42O10S7/c23-5-8-31-29-6-1-11-33-18-35-13-3-21(24)27-9-15-37-20-38-16-10-32-30-7-2-12-34-19-36-14-4-22(25)28-17-39-26/h23,26H,1-20H2.